The molecule has 3 rings (SSSR count). The number of nitrogens with one attached hydrogen (secondary N) is 1. The van der Waals surface area contributed by atoms with E-state index in [1.54, 1.807) is 12.1 Å². The lowest BCUT2D eigenvalue weighted by Crippen LogP contribution is -2.46. The average molecular weight is 427 g/mol. The highest BCUT2D eigenvalue weighted by Crippen LogP contribution is 2.32. The van der Waals surface area contributed by atoms with Crippen LogP contribution in [0.5, 0.6) is 0 Å². The Kier molecular flexibility index (Phi) is 7.05. The summed E-state index contributed by atoms with van der Waals surface area (Å²) < 4.78 is 27.5. The molecule has 0 aromatic heterocycles. The zero-order valence-corrected chi connectivity index (χ0v) is 18.3. The highest BCUT2D eigenvalue weighted by molar-refractivity contribution is 7.89. The van der Waals surface area contributed by atoms with Gasteiger partial charge in [0.25, 0.3) is 0 Å². The molecule has 1 amide bonds. The molecule has 1 aromatic carbocycles. The van der Waals surface area contributed by atoms with E-state index in [-0.39, 0.29) is 16.7 Å². The Morgan fingerprint density at radius 1 is 1.07 bits per heavy atom. The molecule has 156 valence electrons. The van der Waals surface area contributed by atoms with Gasteiger partial charge in [-0.2, -0.15) is 0 Å². The van der Waals surface area contributed by atoms with Crippen LogP contribution < -0.4 is 4.72 Å². The molecule has 28 heavy (non-hydrogen) atoms. The molecule has 0 radical (unpaired) electrons. The summed E-state index contributed by atoms with van der Waals surface area (Å²) in [7, 11) is -3.52. The van der Waals surface area contributed by atoms with Gasteiger partial charge in [0.05, 0.1) is 4.90 Å². The summed E-state index contributed by atoms with van der Waals surface area (Å²) in [5.41, 5.74) is 0. The second kappa shape index (κ2) is 9.14. The maximum atomic E-state index is 12.9. The van der Waals surface area contributed by atoms with Gasteiger partial charge in [-0.05, 0) is 74.1 Å². The van der Waals surface area contributed by atoms with Gasteiger partial charge in [0, 0.05) is 30.6 Å². The fourth-order valence-corrected chi connectivity index (χ4v) is 5.88. The Balaban J connectivity index is 1.47. The molecule has 1 saturated carbocycles. The van der Waals surface area contributed by atoms with Crippen LogP contribution in [0.4, 0.5) is 0 Å². The minimum Gasteiger partial charge on any atom is -0.342 e. The quantitative estimate of drug-likeness (QED) is 0.775. The monoisotopic (exact) mass is 426 g/mol. The third-order valence-electron chi connectivity index (χ3n) is 6.06. The summed E-state index contributed by atoms with van der Waals surface area (Å²) >= 11 is 5.83. The van der Waals surface area contributed by atoms with E-state index in [2.05, 4.69) is 23.5 Å². The van der Waals surface area contributed by atoms with Gasteiger partial charge in [-0.15, -0.1) is 0 Å². The van der Waals surface area contributed by atoms with E-state index in [4.69, 9.17) is 11.6 Å². The second-order valence-corrected chi connectivity index (χ2v) is 10.9. The van der Waals surface area contributed by atoms with Gasteiger partial charge in [0.2, 0.25) is 15.9 Å². The van der Waals surface area contributed by atoms with Crippen LogP contribution in [0.15, 0.2) is 29.2 Å². The molecular formula is C21H31ClN2O3S. The zero-order chi connectivity index (χ0) is 20.3. The Labute approximate surface area is 173 Å². The fourth-order valence-electron chi connectivity index (χ4n) is 4.64. The molecule has 1 aliphatic carbocycles. The molecule has 1 heterocycles. The van der Waals surface area contributed by atoms with Crippen LogP contribution in [0.2, 0.25) is 5.02 Å². The van der Waals surface area contributed by atoms with Crippen LogP contribution in [0.3, 0.4) is 0 Å². The molecular weight excluding hydrogens is 396 g/mol. The third-order valence-corrected chi connectivity index (χ3v) is 7.75. The van der Waals surface area contributed by atoms with Crippen molar-refractivity contribution in [3.63, 3.8) is 0 Å². The number of sulfonamides is 1. The number of hydrogen-bond donors (Lipinski definition) is 1. The minimum atomic E-state index is -3.52. The number of halogens is 1. The third kappa shape index (κ3) is 5.49. The van der Waals surface area contributed by atoms with E-state index in [0.29, 0.717) is 29.3 Å². The largest absolute Gasteiger partial charge is 0.342 e. The van der Waals surface area contributed by atoms with E-state index in [9.17, 15) is 13.2 Å². The van der Waals surface area contributed by atoms with Crippen molar-refractivity contribution < 1.29 is 13.2 Å². The molecule has 1 aromatic rings. The van der Waals surface area contributed by atoms with Gasteiger partial charge >= 0.3 is 0 Å². The van der Waals surface area contributed by atoms with Crippen LogP contribution in [-0.4, -0.2) is 38.9 Å². The standard InChI is InChI=1S/C21H31ClN2O3S/c1-15-11-16(2)14-24(13-15)21(25)18-5-3-17(4-6-18)12-23-28(26,27)20-9-7-19(22)8-10-20/h7-10,15-18,23H,3-6,11-14H2,1-2H3/t15-,16-,17?,18?/m0/s1. The van der Waals surface area contributed by atoms with E-state index < -0.39 is 10.0 Å². The molecule has 1 aliphatic heterocycles. The summed E-state index contributed by atoms with van der Waals surface area (Å²) in [6, 6.07) is 6.19. The summed E-state index contributed by atoms with van der Waals surface area (Å²) in [6.07, 6.45) is 4.68. The first-order chi connectivity index (χ1) is 13.2. The SMILES string of the molecule is C[C@H]1C[C@H](C)CN(C(=O)C2CCC(CNS(=O)(=O)c3ccc(Cl)cc3)CC2)C1. The number of nitrogens with zero attached hydrogens (tertiary/aromatic N) is 1. The van der Waals surface area contributed by atoms with Crippen molar-refractivity contribution >= 4 is 27.5 Å². The van der Waals surface area contributed by atoms with Gasteiger partial charge in [-0.25, -0.2) is 13.1 Å². The average Bonchev–Trinajstić information content (AvgIpc) is 2.66. The van der Waals surface area contributed by atoms with Gasteiger partial charge < -0.3 is 4.90 Å². The Morgan fingerprint density at radius 2 is 1.64 bits per heavy atom. The Hall–Kier alpha value is -1.11. The summed E-state index contributed by atoms with van der Waals surface area (Å²) in [5.74, 6) is 1.84. The molecule has 5 nitrogen and oxygen atoms in total. The van der Waals surface area contributed by atoms with Crippen molar-refractivity contribution in [3.8, 4) is 0 Å². The molecule has 1 saturated heterocycles. The summed E-state index contributed by atoms with van der Waals surface area (Å²) in [6.45, 7) is 6.62. The lowest BCUT2D eigenvalue weighted by atomic mass is 9.80. The number of rotatable bonds is 5. The normalized spacial score (nSPS) is 28.9. The fraction of sp³-hybridized carbons (Fsp3) is 0.667. The topological polar surface area (TPSA) is 66.5 Å². The van der Waals surface area contributed by atoms with Crippen molar-refractivity contribution in [3.05, 3.63) is 29.3 Å². The first-order valence-electron chi connectivity index (χ1n) is 10.3. The van der Waals surface area contributed by atoms with E-state index >= 15 is 0 Å². The minimum absolute atomic E-state index is 0.0987. The number of likely N-dealkylation sites (tertiary alicyclic amines) is 1. The Bertz CT molecular complexity index is 763. The number of piperidine rings is 1. The van der Waals surface area contributed by atoms with Gasteiger partial charge in [-0.1, -0.05) is 25.4 Å². The van der Waals surface area contributed by atoms with E-state index in [1.807, 2.05) is 0 Å². The number of amides is 1. The van der Waals surface area contributed by atoms with Gasteiger partial charge in [0.15, 0.2) is 0 Å². The van der Waals surface area contributed by atoms with Crippen LogP contribution in [-0.2, 0) is 14.8 Å². The molecule has 2 fully saturated rings. The predicted octanol–water partition coefficient (Wildman–Crippen LogP) is 3.93. The number of carbonyl (C=O) groups excluding carboxylic acids is 1. The maximum absolute atomic E-state index is 12.9. The smallest absolute Gasteiger partial charge is 0.240 e. The van der Waals surface area contributed by atoms with Crippen LogP contribution >= 0.6 is 11.6 Å². The molecule has 0 bridgehead atoms. The van der Waals surface area contributed by atoms with Crippen LogP contribution in [0.1, 0.15) is 46.0 Å². The molecule has 0 unspecified atom stereocenters. The van der Waals surface area contributed by atoms with Crippen molar-refractivity contribution in [2.45, 2.75) is 50.8 Å². The lowest BCUT2D eigenvalue weighted by molar-refractivity contribution is -0.139. The lowest BCUT2D eigenvalue weighted by Gasteiger charge is -2.38. The van der Waals surface area contributed by atoms with Gasteiger partial charge in [-0.3, -0.25) is 4.79 Å². The highest BCUT2D eigenvalue weighted by atomic mass is 35.5. The molecule has 1 N–H and O–H groups in total. The number of carbonyl (C=O) groups is 1. The van der Waals surface area contributed by atoms with Crippen molar-refractivity contribution in [2.75, 3.05) is 19.6 Å². The van der Waals surface area contributed by atoms with Crippen LogP contribution in [0.25, 0.3) is 0 Å². The molecule has 7 heteroatoms. The van der Waals surface area contributed by atoms with Crippen LogP contribution in [0, 0.1) is 23.7 Å². The first kappa shape index (κ1) is 21.6. The predicted molar refractivity (Wildman–Crippen MR) is 112 cm³/mol. The molecule has 2 aliphatic rings. The molecule has 0 spiro atoms. The highest BCUT2D eigenvalue weighted by Gasteiger charge is 2.33. The first-order valence-corrected chi connectivity index (χ1v) is 12.1. The van der Waals surface area contributed by atoms with Crippen molar-refractivity contribution in [1.29, 1.82) is 0 Å². The zero-order valence-electron chi connectivity index (χ0n) is 16.7. The second-order valence-electron chi connectivity index (χ2n) is 8.71. The van der Waals surface area contributed by atoms with Gasteiger partial charge in [0.1, 0.15) is 0 Å². The van der Waals surface area contributed by atoms with Crippen molar-refractivity contribution in [2.24, 2.45) is 23.7 Å². The van der Waals surface area contributed by atoms with E-state index in [0.717, 1.165) is 38.8 Å². The number of hydrogen-bond acceptors (Lipinski definition) is 3. The van der Waals surface area contributed by atoms with E-state index in [1.165, 1.54) is 18.6 Å². The maximum Gasteiger partial charge on any atom is 0.240 e. The van der Waals surface area contributed by atoms with Crippen molar-refractivity contribution in [1.82, 2.24) is 9.62 Å². The molecule has 2 atom stereocenters. The Morgan fingerprint density at radius 3 is 2.21 bits per heavy atom. The summed E-state index contributed by atoms with van der Waals surface area (Å²) in [4.78, 5) is 15.2. The number of benzene rings is 1. The summed E-state index contributed by atoms with van der Waals surface area (Å²) in [5, 5.41) is 0.513.